The molecule has 0 aliphatic heterocycles. The van der Waals surface area contributed by atoms with Gasteiger partial charge in [0.15, 0.2) is 0 Å². The van der Waals surface area contributed by atoms with Crippen molar-refractivity contribution in [3.05, 3.63) is 24.3 Å². The summed E-state index contributed by atoms with van der Waals surface area (Å²) in [6, 6.07) is 2.02. The van der Waals surface area contributed by atoms with Gasteiger partial charge < -0.3 is 4.74 Å². The molecule has 0 spiro atoms. The fourth-order valence-corrected chi connectivity index (χ4v) is 4.13. The molecule has 23 heavy (non-hydrogen) atoms. The summed E-state index contributed by atoms with van der Waals surface area (Å²) in [6.45, 7) is 3.30. The molecule has 2 fully saturated rings. The van der Waals surface area contributed by atoms with Crippen molar-refractivity contribution < 1.29 is 4.74 Å². The Bertz CT molecular complexity index is 404. The molecule has 128 valence electrons. The van der Waals surface area contributed by atoms with E-state index in [9.17, 15) is 0 Å². The third-order valence-electron chi connectivity index (χ3n) is 5.61. The predicted molar refractivity (Wildman–Crippen MR) is 95.9 cm³/mol. The van der Waals surface area contributed by atoms with Crippen LogP contribution in [0.5, 0.6) is 0 Å². The molecule has 2 heteroatoms. The van der Waals surface area contributed by atoms with E-state index in [0.29, 0.717) is 12.0 Å². The average molecular weight is 316 g/mol. The van der Waals surface area contributed by atoms with E-state index >= 15 is 0 Å². The average Bonchev–Trinajstić information content (AvgIpc) is 2.59. The highest BCUT2D eigenvalue weighted by Crippen LogP contribution is 2.33. The lowest BCUT2D eigenvalue weighted by molar-refractivity contribution is -0.00659. The van der Waals surface area contributed by atoms with Crippen molar-refractivity contribution in [3.63, 3.8) is 0 Å². The molecule has 0 bridgehead atoms. The molecule has 0 heterocycles. The van der Waals surface area contributed by atoms with Crippen LogP contribution in [-0.4, -0.2) is 12.7 Å². The van der Waals surface area contributed by atoms with Gasteiger partial charge in [0.25, 0.3) is 0 Å². The lowest BCUT2D eigenvalue weighted by Gasteiger charge is -2.31. The Hall–Kier alpha value is -1.07. The molecule has 2 aliphatic rings. The minimum atomic E-state index is 0.489. The second-order valence-electron chi connectivity index (χ2n) is 7.42. The molecule has 0 saturated heterocycles. The minimum absolute atomic E-state index is 0.489. The van der Waals surface area contributed by atoms with Gasteiger partial charge in [-0.1, -0.05) is 50.8 Å². The Morgan fingerprint density at radius 3 is 2.30 bits per heavy atom. The van der Waals surface area contributed by atoms with E-state index in [4.69, 9.17) is 10.00 Å². The van der Waals surface area contributed by atoms with Crippen LogP contribution in [0.3, 0.4) is 0 Å². The normalized spacial score (nSPS) is 32.3. The maximum Gasteiger partial charge on any atom is 0.0912 e. The summed E-state index contributed by atoms with van der Waals surface area (Å²) in [7, 11) is 0. The molecule has 0 N–H and O–H groups in total. The summed E-state index contributed by atoms with van der Waals surface area (Å²) < 4.78 is 6.23. The third-order valence-corrected chi connectivity index (χ3v) is 5.61. The first-order chi connectivity index (χ1) is 11.3. The summed E-state index contributed by atoms with van der Waals surface area (Å²) >= 11 is 0. The quantitative estimate of drug-likeness (QED) is 0.439. The Labute approximate surface area is 142 Å². The van der Waals surface area contributed by atoms with Gasteiger partial charge in [-0.2, -0.15) is 5.26 Å². The van der Waals surface area contributed by atoms with E-state index in [0.717, 1.165) is 18.4 Å². The van der Waals surface area contributed by atoms with Crippen LogP contribution < -0.4 is 0 Å². The number of nitrogens with zero attached hydrogens (tertiary/aromatic N) is 1. The molecule has 0 unspecified atom stereocenters. The van der Waals surface area contributed by atoms with Crippen LogP contribution >= 0.6 is 0 Å². The Morgan fingerprint density at radius 1 is 0.957 bits per heavy atom. The highest BCUT2D eigenvalue weighted by molar-refractivity contribution is 5.12. The number of nitriles is 1. The Kier molecular flexibility index (Phi) is 8.47. The summed E-state index contributed by atoms with van der Waals surface area (Å²) in [5, 5.41) is 8.46. The van der Waals surface area contributed by atoms with E-state index < -0.39 is 0 Å². The molecule has 0 aromatic rings. The first kappa shape index (κ1) is 18.3. The monoisotopic (exact) mass is 315 g/mol. The van der Waals surface area contributed by atoms with Gasteiger partial charge in [-0.3, -0.25) is 0 Å². The molecular weight excluding hydrogens is 282 g/mol. The molecule has 2 aliphatic carbocycles. The van der Waals surface area contributed by atoms with Gasteiger partial charge in [0.2, 0.25) is 0 Å². The summed E-state index contributed by atoms with van der Waals surface area (Å²) in [6.07, 6.45) is 21.3. The molecule has 0 amide bonds. The van der Waals surface area contributed by atoms with Gasteiger partial charge in [0.05, 0.1) is 12.2 Å². The van der Waals surface area contributed by atoms with Gasteiger partial charge in [0, 0.05) is 12.7 Å². The molecule has 0 aromatic carbocycles. The topological polar surface area (TPSA) is 33.0 Å². The van der Waals surface area contributed by atoms with Gasteiger partial charge in [-0.15, -0.1) is 0 Å². The zero-order valence-corrected chi connectivity index (χ0v) is 14.8. The lowest BCUT2D eigenvalue weighted by atomic mass is 9.80. The molecule has 0 aromatic heterocycles. The third kappa shape index (κ3) is 6.92. The molecular formula is C21H33NO. The van der Waals surface area contributed by atoms with E-state index in [1.54, 1.807) is 0 Å². The minimum Gasteiger partial charge on any atom is -0.378 e. The Balaban J connectivity index is 1.57. The highest BCUT2D eigenvalue weighted by Gasteiger charge is 2.24. The summed E-state index contributed by atoms with van der Waals surface area (Å²) in [4.78, 5) is 0. The fraction of sp³-hybridized carbons (Fsp3) is 0.762. The number of hydrogen-bond acceptors (Lipinski definition) is 2. The van der Waals surface area contributed by atoms with Crippen molar-refractivity contribution in [2.45, 2.75) is 77.2 Å². The van der Waals surface area contributed by atoms with Crippen LogP contribution in [0.15, 0.2) is 24.3 Å². The standard InChI is InChI=1S/C21H33NO/c1-2-6-18-8-10-20(11-9-18)17-23-21-14-12-19(13-15-21)7-4-3-5-16-22/h3-5,7,18-21H,2,6,8-15,17H2,1H3. The lowest BCUT2D eigenvalue weighted by Crippen LogP contribution is -2.25. The van der Waals surface area contributed by atoms with Crippen LogP contribution in [0.25, 0.3) is 0 Å². The van der Waals surface area contributed by atoms with Crippen molar-refractivity contribution in [2.24, 2.45) is 17.8 Å². The first-order valence-electron chi connectivity index (χ1n) is 9.66. The van der Waals surface area contributed by atoms with Crippen LogP contribution in [-0.2, 0) is 4.74 Å². The van der Waals surface area contributed by atoms with E-state index in [1.807, 2.05) is 18.2 Å². The van der Waals surface area contributed by atoms with Gasteiger partial charge >= 0.3 is 0 Å². The van der Waals surface area contributed by atoms with Crippen molar-refractivity contribution >= 4 is 0 Å². The van der Waals surface area contributed by atoms with Gasteiger partial charge in [-0.25, -0.2) is 0 Å². The molecule has 2 saturated carbocycles. The highest BCUT2D eigenvalue weighted by atomic mass is 16.5. The van der Waals surface area contributed by atoms with Crippen LogP contribution in [0.4, 0.5) is 0 Å². The number of ether oxygens (including phenoxy) is 1. The van der Waals surface area contributed by atoms with Crippen molar-refractivity contribution in [2.75, 3.05) is 6.61 Å². The zero-order valence-electron chi connectivity index (χ0n) is 14.8. The van der Waals surface area contributed by atoms with Crippen molar-refractivity contribution in [3.8, 4) is 6.07 Å². The van der Waals surface area contributed by atoms with Crippen molar-refractivity contribution in [1.29, 1.82) is 5.26 Å². The zero-order chi connectivity index (χ0) is 16.3. The smallest absolute Gasteiger partial charge is 0.0912 e. The predicted octanol–water partition coefficient (Wildman–Crippen LogP) is 5.80. The van der Waals surface area contributed by atoms with Crippen LogP contribution in [0.1, 0.15) is 71.1 Å². The summed E-state index contributed by atoms with van der Waals surface area (Å²) in [5.41, 5.74) is 0. The Morgan fingerprint density at radius 2 is 1.65 bits per heavy atom. The maximum absolute atomic E-state index is 8.46. The van der Waals surface area contributed by atoms with Crippen molar-refractivity contribution in [1.82, 2.24) is 0 Å². The summed E-state index contributed by atoms with van der Waals surface area (Å²) in [5.74, 6) is 2.48. The molecule has 2 nitrogen and oxygen atoms in total. The van der Waals surface area contributed by atoms with Gasteiger partial charge in [0.1, 0.15) is 0 Å². The number of allylic oxidation sites excluding steroid dienone is 4. The fourth-order valence-electron chi connectivity index (χ4n) is 4.13. The second kappa shape index (κ2) is 10.7. The maximum atomic E-state index is 8.46. The van der Waals surface area contributed by atoms with E-state index in [1.165, 1.54) is 70.3 Å². The molecule has 0 atom stereocenters. The first-order valence-corrected chi connectivity index (χ1v) is 9.66. The molecule has 0 radical (unpaired) electrons. The van der Waals surface area contributed by atoms with Gasteiger partial charge in [-0.05, 0) is 56.3 Å². The SMILES string of the molecule is CCCC1CCC(COC2CCC(C=CC=CC#N)CC2)CC1. The number of hydrogen-bond donors (Lipinski definition) is 0. The van der Waals surface area contributed by atoms with Crippen LogP contribution in [0, 0.1) is 29.1 Å². The largest absolute Gasteiger partial charge is 0.378 e. The van der Waals surface area contributed by atoms with E-state index in [2.05, 4.69) is 13.0 Å². The molecule has 2 rings (SSSR count). The second-order valence-corrected chi connectivity index (χ2v) is 7.42. The van der Waals surface area contributed by atoms with E-state index in [-0.39, 0.29) is 0 Å². The number of rotatable bonds is 7. The van der Waals surface area contributed by atoms with Crippen LogP contribution in [0.2, 0.25) is 0 Å².